The smallest absolute Gasteiger partial charge is 0.254 e. The van der Waals surface area contributed by atoms with Gasteiger partial charge in [-0.1, -0.05) is 0 Å². The van der Waals surface area contributed by atoms with E-state index in [2.05, 4.69) is 5.32 Å². The van der Waals surface area contributed by atoms with Gasteiger partial charge in [0, 0.05) is 38.1 Å². The number of halogens is 1. The number of nitrogens with one attached hydrogen (secondary N) is 1. The minimum Gasteiger partial charge on any atom is -0.339 e. The van der Waals surface area contributed by atoms with Crippen molar-refractivity contribution in [3.05, 3.63) is 22.4 Å². The highest BCUT2D eigenvalue weighted by atomic mass is 35.5. The van der Waals surface area contributed by atoms with Crippen molar-refractivity contribution in [2.45, 2.75) is 12.8 Å². The molecule has 2 aliphatic heterocycles. The van der Waals surface area contributed by atoms with Crippen molar-refractivity contribution < 1.29 is 9.59 Å². The van der Waals surface area contributed by atoms with E-state index in [-0.39, 0.29) is 30.1 Å². The van der Waals surface area contributed by atoms with Gasteiger partial charge in [0.05, 0.1) is 11.5 Å². The summed E-state index contributed by atoms with van der Waals surface area (Å²) < 4.78 is 0. The fraction of sp³-hybridized carbons (Fsp3) is 0.600. The van der Waals surface area contributed by atoms with Crippen LogP contribution in [0.3, 0.4) is 0 Å². The Hall–Kier alpha value is -1.11. The maximum absolute atomic E-state index is 12.4. The van der Waals surface area contributed by atoms with Crippen molar-refractivity contribution in [1.82, 2.24) is 15.1 Å². The van der Waals surface area contributed by atoms with Crippen molar-refractivity contribution in [2.75, 3.05) is 39.3 Å². The summed E-state index contributed by atoms with van der Waals surface area (Å²) in [4.78, 5) is 28.5. The van der Waals surface area contributed by atoms with Gasteiger partial charge in [-0.2, -0.15) is 11.3 Å². The maximum atomic E-state index is 12.4. The number of nitrogens with zero attached hydrogens (tertiary/aromatic N) is 2. The summed E-state index contributed by atoms with van der Waals surface area (Å²) in [5.74, 6) is 0.463. The fourth-order valence-corrected chi connectivity index (χ4v) is 3.65. The Labute approximate surface area is 141 Å². The third-order valence-electron chi connectivity index (χ3n) is 4.29. The minimum atomic E-state index is 0. The van der Waals surface area contributed by atoms with Gasteiger partial charge < -0.3 is 15.1 Å². The minimum absolute atomic E-state index is 0. The van der Waals surface area contributed by atoms with Gasteiger partial charge in [-0.25, -0.2) is 0 Å². The molecule has 122 valence electrons. The highest BCUT2D eigenvalue weighted by molar-refractivity contribution is 7.08. The summed E-state index contributed by atoms with van der Waals surface area (Å²) in [6.07, 6.45) is 2.06. The molecule has 2 saturated heterocycles. The van der Waals surface area contributed by atoms with Crippen LogP contribution in [0.5, 0.6) is 0 Å². The first-order chi connectivity index (χ1) is 10.3. The van der Waals surface area contributed by atoms with E-state index in [0.717, 1.165) is 31.5 Å². The summed E-state index contributed by atoms with van der Waals surface area (Å²) in [6.45, 7) is 4.41. The second-order valence-corrected chi connectivity index (χ2v) is 6.45. The zero-order chi connectivity index (χ0) is 14.7. The third-order valence-corrected chi connectivity index (χ3v) is 4.98. The van der Waals surface area contributed by atoms with Gasteiger partial charge in [0.1, 0.15) is 0 Å². The molecule has 7 heteroatoms. The molecule has 3 heterocycles. The van der Waals surface area contributed by atoms with Crippen molar-refractivity contribution in [3.8, 4) is 0 Å². The van der Waals surface area contributed by atoms with E-state index < -0.39 is 0 Å². The van der Waals surface area contributed by atoms with Gasteiger partial charge >= 0.3 is 0 Å². The topological polar surface area (TPSA) is 52.7 Å². The number of piperidine rings is 1. The molecule has 0 radical (unpaired) electrons. The van der Waals surface area contributed by atoms with Gasteiger partial charge in [0.25, 0.3) is 5.91 Å². The Bertz CT molecular complexity index is 495. The number of amides is 2. The van der Waals surface area contributed by atoms with E-state index in [0.29, 0.717) is 26.2 Å². The van der Waals surface area contributed by atoms with Crippen molar-refractivity contribution in [1.29, 1.82) is 0 Å². The number of thiophene rings is 1. The van der Waals surface area contributed by atoms with Crippen LogP contribution in [0.2, 0.25) is 0 Å². The molecule has 22 heavy (non-hydrogen) atoms. The molecule has 1 atom stereocenters. The zero-order valence-electron chi connectivity index (χ0n) is 12.5. The molecular formula is C15H22ClN3O2S. The van der Waals surface area contributed by atoms with E-state index in [1.807, 2.05) is 26.6 Å². The molecule has 1 N–H and O–H groups in total. The van der Waals surface area contributed by atoms with E-state index in [4.69, 9.17) is 0 Å². The van der Waals surface area contributed by atoms with Crippen LogP contribution in [-0.4, -0.2) is 60.9 Å². The fourth-order valence-electron chi connectivity index (χ4n) is 3.02. The second kappa shape index (κ2) is 7.94. The lowest BCUT2D eigenvalue weighted by molar-refractivity contribution is -0.137. The van der Waals surface area contributed by atoms with E-state index in [1.165, 1.54) is 11.3 Å². The first kappa shape index (κ1) is 17.2. The second-order valence-electron chi connectivity index (χ2n) is 5.67. The predicted molar refractivity (Wildman–Crippen MR) is 89.6 cm³/mol. The quantitative estimate of drug-likeness (QED) is 0.884. The van der Waals surface area contributed by atoms with Crippen LogP contribution in [0.25, 0.3) is 0 Å². The average Bonchev–Trinajstić information content (AvgIpc) is 3.09. The van der Waals surface area contributed by atoms with Crippen molar-refractivity contribution in [3.63, 3.8) is 0 Å². The van der Waals surface area contributed by atoms with Crippen LogP contribution >= 0.6 is 23.7 Å². The molecule has 0 aromatic carbocycles. The van der Waals surface area contributed by atoms with E-state index >= 15 is 0 Å². The molecule has 5 nitrogen and oxygen atoms in total. The Kier molecular flexibility index (Phi) is 6.23. The molecule has 0 aliphatic carbocycles. The lowest BCUT2D eigenvalue weighted by Crippen LogP contribution is -2.53. The van der Waals surface area contributed by atoms with Crippen LogP contribution in [-0.2, 0) is 4.79 Å². The molecule has 1 aromatic rings. The number of rotatable bonds is 2. The molecule has 2 fully saturated rings. The van der Waals surface area contributed by atoms with Gasteiger partial charge in [-0.05, 0) is 30.8 Å². The Balaban J connectivity index is 0.00000176. The van der Waals surface area contributed by atoms with Gasteiger partial charge in [0.15, 0.2) is 0 Å². The summed E-state index contributed by atoms with van der Waals surface area (Å²) in [5, 5.41) is 7.09. The molecule has 1 aromatic heterocycles. The number of carbonyl (C=O) groups excluding carboxylic acids is 2. The zero-order valence-corrected chi connectivity index (χ0v) is 14.1. The standard InChI is InChI=1S/C15H21N3O2S.ClH/c19-14(12-2-1-4-16-10-12)17-5-7-18(8-6-17)15(20)13-3-9-21-11-13;/h3,9,11-12,16H,1-2,4-8,10H2;1H. The van der Waals surface area contributed by atoms with Crippen LogP contribution in [0.15, 0.2) is 16.8 Å². The molecule has 3 rings (SSSR count). The molecule has 2 amide bonds. The molecule has 0 bridgehead atoms. The summed E-state index contributed by atoms with van der Waals surface area (Å²) >= 11 is 1.54. The van der Waals surface area contributed by atoms with Crippen LogP contribution in [0.1, 0.15) is 23.2 Å². The Morgan fingerprint density at radius 2 is 1.91 bits per heavy atom. The first-order valence-corrected chi connectivity index (χ1v) is 8.51. The molecule has 2 aliphatic rings. The number of piperazine rings is 1. The highest BCUT2D eigenvalue weighted by Gasteiger charge is 2.29. The highest BCUT2D eigenvalue weighted by Crippen LogP contribution is 2.16. The Morgan fingerprint density at radius 1 is 1.18 bits per heavy atom. The van der Waals surface area contributed by atoms with E-state index in [1.54, 1.807) is 0 Å². The largest absolute Gasteiger partial charge is 0.339 e. The maximum Gasteiger partial charge on any atom is 0.254 e. The Morgan fingerprint density at radius 3 is 2.50 bits per heavy atom. The molecule has 0 saturated carbocycles. The molecular weight excluding hydrogens is 322 g/mol. The number of carbonyl (C=O) groups is 2. The summed E-state index contributed by atoms with van der Waals surface area (Å²) in [5.41, 5.74) is 0.760. The summed E-state index contributed by atoms with van der Waals surface area (Å²) in [6, 6.07) is 1.86. The first-order valence-electron chi connectivity index (χ1n) is 7.56. The predicted octanol–water partition coefficient (Wildman–Crippen LogP) is 1.45. The van der Waals surface area contributed by atoms with E-state index in [9.17, 15) is 9.59 Å². The van der Waals surface area contributed by atoms with Crippen molar-refractivity contribution >= 4 is 35.6 Å². The number of hydrogen-bond acceptors (Lipinski definition) is 4. The normalized spacial score (nSPS) is 22.1. The number of hydrogen-bond donors (Lipinski definition) is 1. The van der Waals surface area contributed by atoms with Gasteiger partial charge in [-0.3, -0.25) is 9.59 Å². The van der Waals surface area contributed by atoms with Crippen LogP contribution in [0.4, 0.5) is 0 Å². The molecule has 1 unspecified atom stereocenters. The van der Waals surface area contributed by atoms with Crippen molar-refractivity contribution in [2.24, 2.45) is 5.92 Å². The SMILES string of the molecule is Cl.O=C(c1ccsc1)N1CCN(C(=O)C2CCCNC2)CC1. The van der Waals surface area contributed by atoms with Crippen LogP contribution < -0.4 is 5.32 Å². The van der Waals surface area contributed by atoms with Crippen LogP contribution in [0, 0.1) is 5.92 Å². The van der Waals surface area contributed by atoms with Gasteiger partial charge in [0.2, 0.25) is 5.91 Å². The molecule has 0 spiro atoms. The third kappa shape index (κ3) is 3.80. The van der Waals surface area contributed by atoms with Gasteiger partial charge in [-0.15, -0.1) is 12.4 Å². The lowest BCUT2D eigenvalue weighted by Gasteiger charge is -2.37. The average molecular weight is 344 g/mol. The summed E-state index contributed by atoms with van der Waals surface area (Å²) in [7, 11) is 0. The monoisotopic (exact) mass is 343 g/mol. The lowest BCUT2D eigenvalue weighted by atomic mass is 9.98.